The Hall–Kier alpha value is -1.69. The molecule has 2 rings (SSSR count). The van der Waals surface area contributed by atoms with Crippen LogP contribution in [-0.2, 0) is 7.05 Å². The molecular formula is C15H22N4OS. The summed E-state index contributed by atoms with van der Waals surface area (Å²) in [5, 5.41) is 4.97. The zero-order valence-corrected chi connectivity index (χ0v) is 14.0. The number of carbonyl (C=O) groups is 1. The number of thiazole rings is 1. The lowest BCUT2D eigenvalue weighted by Gasteiger charge is -2.30. The number of amides is 1. The van der Waals surface area contributed by atoms with E-state index in [-0.39, 0.29) is 11.9 Å². The van der Waals surface area contributed by atoms with E-state index < -0.39 is 0 Å². The highest BCUT2D eigenvalue weighted by Gasteiger charge is 2.24. The first-order chi connectivity index (χ1) is 9.93. The van der Waals surface area contributed by atoms with Crippen molar-refractivity contribution in [2.45, 2.75) is 33.7 Å². The molecular weight excluding hydrogens is 284 g/mol. The number of aryl methyl sites for hydroxylation is 1. The second kappa shape index (κ2) is 6.39. The smallest absolute Gasteiger partial charge is 0.265 e. The molecule has 0 radical (unpaired) electrons. The molecule has 0 bridgehead atoms. The number of carbonyl (C=O) groups excluding carboxylic acids is 1. The van der Waals surface area contributed by atoms with Crippen molar-refractivity contribution in [1.82, 2.24) is 19.7 Å². The number of nitrogens with zero attached hydrogens (tertiary/aromatic N) is 4. The first-order valence-electron chi connectivity index (χ1n) is 7.19. The maximum Gasteiger partial charge on any atom is 0.265 e. The summed E-state index contributed by atoms with van der Waals surface area (Å²) in [6, 6.07) is 0.214. The molecule has 0 saturated carbocycles. The first-order valence-corrected chi connectivity index (χ1v) is 8.01. The highest BCUT2D eigenvalue weighted by Crippen LogP contribution is 2.26. The van der Waals surface area contributed by atoms with Crippen molar-refractivity contribution < 1.29 is 4.79 Å². The second-order valence-electron chi connectivity index (χ2n) is 5.51. The van der Waals surface area contributed by atoms with Crippen molar-refractivity contribution in [2.24, 2.45) is 13.0 Å². The zero-order valence-electron chi connectivity index (χ0n) is 13.2. The Balaban J connectivity index is 2.22. The Morgan fingerprint density at radius 2 is 2.10 bits per heavy atom. The molecule has 0 spiro atoms. The maximum atomic E-state index is 12.6. The summed E-state index contributed by atoms with van der Waals surface area (Å²) in [6.45, 7) is 9.08. The molecule has 114 valence electrons. The summed E-state index contributed by atoms with van der Waals surface area (Å²) in [6.07, 6.45) is 5.34. The lowest BCUT2D eigenvalue weighted by atomic mass is 10.0. The Bertz CT molecular complexity index is 617. The van der Waals surface area contributed by atoms with Gasteiger partial charge in [0.1, 0.15) is 9.88 Å². The molecule has 5 nitrogen and oxygen atoms in total. The predicted octanol–water partition coefficient (Wildman–Crippen LogP) is 3.05. The van der Waals surface area contributed by atoms with Gasteiger partial charge in [-0.1, -0.05) is 13.8 Å². The molecule has 0 fully saturated rings. The SMILES string of the molecule is CCN(C(=O)c1cnc(-c2cnn(C)c2)s1)C(C)C(C)C. The van der Waals surface area contributed by atoms with E-state index >= 15 is 0 Å². The highest BCUT2D eigenvalue weighted by atomic mass is 32.1. The van der Waals surface area contributed by atoms with Gasteiger partial charge < -0.3 is 4.90 Å². The number of hydrogen-bond acceptors (Lipinski definition) is 4. The van der Waals surface area contributed by atoms with Gasteiger partial charge in [-0.3, -0.25) is 9.48 Å². The fraction of sp³-hybridized carbons (Fsp3) is 0.533. The van der Waals surface area contributed by atoms with Gasteiger partial charge in [-0.2, -0.15) is 5.10 Å². The fourth-order valence-electron chi connectivity index (χ4n) is 2.16. The van der Waals surface area contributed by atoms with Crippen LogP contribution >= 0.6 is 11.3 Å². The van der Waals surface area contributed by atoms with Crippen molar-refractivity contribution in [2.75, 3.05) is 6.54 Å². The molecule has 1 unspecified atom stereocenters. The highest BCUT2D eigenvalue weighted by molar-refractivity contribution is 7.16. The topological polar surface area (TPSA) is 51.0 Å². The fourth-order valence-corrected chi connectivity index (χ4v) is 3.00. The van der Waals surface area contributed by atoms with Crippen LogP contribution in [0.25, 0.3) is 10.6 Å². The average Bonchev–Trinajstić information content (AvgIpc) is 3.07. The van der Waals surface area contributed by atoms with E-state index in [1.54, 1.807) is 17.1 Å². The minimum atomic E-state index is 0.0614. The Kier molecular flexibility index (Phi) is 4.77. The van der Waals surface area contributed by atoms with Crippen molar-refractivity contribution in [3.8, 4) is 10.6 Å². The third kappa shape index (κ3) is 3.32. The van der Waals surface area contributed by atoms with Gasteiger partial charge in [-0.15, -0.1) is 11.3 Å². The van der Waals surface area contributed by atoms with Crippen LogP contribution in [0.15, 0.2) is 18.6 Å². The lowest BCUT2D eigenvalue weighted by Crippen LogP contribution is -2.41. The second-order valence-corrected chi connectivity index (χ2v) is 6.54. The Morgan fingerprint density at radius 1 is 1.38 bits per heavy atom. The Labute approximate surface area is 129 Å². The van der Waals surface area contributed by atoms with E-state index in [4.69, 9.17) is 0 Å². The largest absolute Gasteiger partial charge is 0.335 e. The summed E-state index contributed by atoms with van der Waals surface area (Å²) in [7, 11) is 1.87. The number of aromatic nitrogens is 3. The van der Waals surface area contributed by atoms with Crippen LogP contribution in [0, 0.1) is 5.92 Å². The van der Waals surface area contributed by atoms with Gasteiger partial charge in [-0.05, 0) is 19.8 Å². The molecule has 0 N–H and O–H groups in total. The average molecular weight is 306 g/mol. The van der Waals surface area contributed by atoms with Crippen molar-refractivity contribution >= 4 is 17.2 Å². The predicted molar refractivity (Wildman–Crippen MR) is 85.3 cm³/mol. The number of rotatable bonds is 5. The van der Waals surface area contributed by atoms with Crippen LogP contribution in [0.2, 0.25) is 0 Å². The van der Waals surface area contributed by atoms with E-state index in [0.29, 0.717) is 17.3 Å². The third-order valence-corrected chi connectivity index (χ3v) is 4.76. The standard InChI is InChI=1S/C15H22N4OS/c1-6-19(11(4)10(2)3)15(20)13-8-16-14(21-13)12-7-17-18(5)9-12/h7-11H,6H2,1-5H3. The van der Waals surface area contributed by atoms with E-state index in [0.717, 1.165) is 10.6 Å². The van der Waals surface area contributed by atoms with Gasteiger partial charge in [-0.25, -0.2) is 4.98 Å². The number of hydrogen-bond donors (Lipinski definition) is 0. The molecule has 0 aliphatic rings. The summed E-state index contributed by atoms with van der Waals surface area (Å²) in [4.78, 5) is 19.6. The van der Waals surface area contributed by atoms with E-state index in [1.807, 2.05) is 25.1 Å². The van der Waals surface area contributed by atoms with Gasteiger partial charge in [0.15, 0.2) is 0 Å². The van der Waals surface area contributed by atoms with E-state index in [1.165, 1.54) is 11.3 Å². The lowest BCUT2D eigenvalue weighted by molar-refractivity contribution is 0.0665. The van der Waals surface area contributed by atoms with Gasteiger partial charge in [0, 0.05) is 31.4 Å². The van der Waals surface area contributed by atoms with Crippen LogP contribution < -0.4 is 0 Å². The van der Waals surface area contributed by atoms with Crippen molar-refractivity contribution in [3.63, 3.8) is 0 Å². The third-order valence-electron chi connectivity index (χ3n) is 3.73. The molecule has 2 aromatic rings. The van der Waals surface area contributed by atoms with Gasteiger partial charge in [0.25, 0.3) is 5.91 Å². The molecule has 0 aliphatic heterocycles. The molecule has 6 heteroatoms. The maximum absolute atomic E-state index is 12.6. The van der Waals surface area contributed by atoms with Crippen LogP contribution in [0.5, 0.6) is 0 Å². The van der Waals surface area contributed by atoms with Gasteiger partial charge in [0.05, 0.1) is 12.4 Å². The van der Waals surface area contributed by atoms with Crippen molar-refractivity contribution in [3.05, 3.63) is 23.5 Å². The molecule has 21 heavy (non-hydrogen) atoms. The first kappa shape index (κ1) is 15.7. The Morgan fingerprint density at radius 3 is 2.62 bits per heavy atom. The van der Waals surface area contributed by atoms with Crippen molar-refractivity contribution in [1.29, 1.82) is 0 Å². The molecule has 2 aromatic heterocycles. The molecule has 0 aromatic carbocycles. The molecule has 0 aliphatic carbocycles. The zero-order chi connectivity index (χ0) is 15.6. The normalized spacial score (nSPS) is 12.7. The van der Waals surface area contributed by atoms with E-state index in [2.05, 4.69) is 30.9 Å². The summed E-state index contributed by atoms with van der Waals surface area (Å²) in [5.41, 5.74) is 0.946. The monoisotopic (exact) mass is 306 g/mol. The minimum Gasteiger partial charge on any atom is -0.335 e. The molecule has 0 saturated heterocycles. The van der Waals surface area contributed by atoms with E-state index in [9.17, 15) is 4.79 Å². The molecule has 1 amide bonds. The summed E-state index contributed by atoms with van der Waals surface area (Å²) >= 11 is 1.42. The van der Waals surface area contributed by atoms with Gasteiger partial charge in [0.2, 0.25) is 0 Å². The van der Waals surface area contributed by atoms with Crippen LogP contribution in [-0.4, -0.2) is 38.2 Å². The van der Waals surface area contributed by atoms with Crippen LogP contribution in [0.3, 0.4) is 0 Å². The minimum absolute atomic E-state index is 0.0614. The molecule has 2 heterocycles. The van der Waals surface area contributed by atoms with Crippen LogP contribution in [0.4, 0.5) is 0 Å². The van der Waals surface area contributed by atoms with Gasteiger partial charge >= 0.3 is 0 Å². The van der Waals surface area contributed by atoms with Crippen LogP contribution in [0.1, 0.15) is 37.4 Å². The quantitative estimate of drug-likeness (QED) is 0.853. The molecule has 1 atom stereocenters. The summed E-state index contributed by atoms with van der Waals surface area (Å²) in [5.74, 6) is 0.492. The summed E-state index contributed by atoms with van der Waals surface area (Å²) < 4.78 is 1.73.